The van der Waals surface area contributed by atoms with Crippen molar-refractivity contribution in [3.05, 3.63) is 47.7 Å². The van der Waals surface area contributed by atoms with Gasteiger partial charge in [0.1, 0.15) is 5.69 Å². The summed E-state index contributed by atoms with van der Waals surface area (Å²) >= 11 is 0. The molecule has 0 saturated heterocycles. The lowest BCUT2D eigenvalue weighted by molar-refractivity contribution is 0.0691. The summed E-state index contributed by atoms with van der Waals surface area (Å²) in [5.74, 6) is -0.472. The van der Waals surface area contributed by atoms with Crippen molar-refractivity contribution in [1.82, 2.24) is 4.98 Å². The minimum absolute atomic E-state index is 0.218. The van der Waals surface area contributed by atoms with Gasteiger partial charge < -0.3 is 10.1 Å². The average molecular weight is 229 g/mol. The molecule has 0 amide bonds. The first-order chi connectivity index (χ1) is 8.08. The molecular weight excluding hydrogens is 214 g/mol. The Morgan fingerprint density at radius 1 is 1.24 bits per heavy atom. The van der Waals surface area contributed by atoms with Crippen molar-refractivity contribution in [3.63, 3.8) is 0 Å². The van der Waals surface area contributed by atoms with E-state index in [0.717, 1.165) is 11.3 Å². The van der Waals surface area contributed by atoms with Gasteiger partial charge in [0.2, 0.25) is 0 Å². The second kappa shape index (κ2) is 4.45. The van der Waals surface area contributed by atoms with Gasteiger partial charge in [0.25, 0.3) is 0 Å². The van der Waals surface area contributed by atoms with E-state index in [4.69, 9.17) is 5.11 Å². The average Bonchev–Trinajstić information content (AvgIpc) is 2.78. The van der Waals surface area contributed by atoms with Crippen LogP contribution in [0.3, 0.4) is 0 Å². The lowest BCUT2D eigenvalue weighted by Gasteiger charge is -2.06. The van der Waals surface area contributed by atoms with Gasteiger partial charge in [-0.25, -0.2) is 4.79 Å². The maximum Gasteiger partial charge on any atom is 0.352 e. The van der Waals surface area contributed by atoms with E-state index in [2.05, 4.69) is 31.0 Å². The lowest BCUT2D eigenvalue weighted by Crippen LogP contribution is -1.95. The molecule has 0 aliphatic rings. The summed E-state index contributed by atoms with van der Waals surface area (Å²) in [6.07, 6.45) is 0. The van der Waals surface area contributed by atoms with Crippen LogP contribution in [0.1, 0.15) is 35.8 Å². The number of hydrogen-bond acceptors (Lipinski definition) is 1. The number of hydrogen-bond donors (Lipinski definition) is 2. The molecule has 2 aromatic rings. The molecule has 0 unspecified atom stereocenters. The quantitative estimate of drug-likeness (QED) is 0.846. The van der Waals surface area contributed by atoms with Gasteiger partial charge in [-0.05, 0) is 35.2 Å². The minimum Gasteiger partial charge on any atom is -0.477 e. The van der Waals surface area contributed by atoms with Crippen LogP contribution in [-0.4, -0.2) is 16.1 Å². The predicted molar refractivity (Wildman–Crippen MR) is 67.3 cm³/mol. The maximum absolute atomic E-state index is 10.8. The van der Waals surface area contributed by atoms with Gasteiger partial charge in [0, 0.05) is 5.69 Å². The molecule has 1 aromatic carbocycles. The second-order valence-electron chi connectivity index (χ2n) is 4.37. The molecule has 0 aliphatic carbocycles. The monoisotopic (exact) mass is 229 g/mol. The highest BCUT2D eigenvalue weighted by Crippen LogP contribution is 2.23. The summed E-state index contributed by atoms with van der Waals surface area (Å²) in [7, 11) is 0. The number of aromatic amines is 1. The number of rotatable bonds is 3. The summed E-state index contributed by atoms with van der Waals surface area (Å²) in [6, 6.07) is 11.5. The van der Waals surface area contributed by atoms with E-state index in [-0.39, 0.29) is 5.69 Å². The van der Waals surface area contributed by atoms with Gasteiger partial charge in [0.15, 0.2) is 0 Å². The van der Waals surface area contributed by atoms with Crippen LogP contribution >= 0.6 is 0 Å². The van der Waals surface area contributed by atoms with E-state index in [1.165, 1.54) is 5.56 Å². The Labute approximate surface area is 100 Å². The summed E-state index contributed by atoms with van der Waals surface area (Å²) in [5.41, 5.74) is 3.32. The number of carboxylic acids is 1. The van der Waals surface area contributed by atoms with Crippen molar-refractivity contribution >= 4 is 5.97 Å². The Morgan fingerprint density at radius 2 is 2.00 bits per heavy atom. The number of nitrogens with one attached hydrogen (secondary N) is 1. The zero-order valence-corrected chi connectivity index (χ0v) is 9.90. The normalized spacial score (nSPS) is 10.8. The molecule has 1 heterocycles. The number of benzene rings is 1. The summed E-state index contributed by atoms with van der Waals surface area (Å²) in [5, 5.41) is 8.86. The molecule has 0 fully saturated rings. The molecule has 0 radical (unpaired) electrons. The van der Waals surface area contributed by atoms with Gasteiger partial charge in [-0.3, -0.25) is 0 Å². The molecule has 88 valence electrons. The van der Waals surface area contributed by atoms with E-state index in [9.17, 15) is 4.79 Å². The van der Waals surface area contributed by atoms with Crippen LogP contribution in [0.2, 0.25) is 0 Å². The Morgan fingerprint density at radius 3 is 2.59 bits per heavy atom. The molecule has 0 atom stereocenters. The first-order valence-corrected chi connectivity index (χ1v) is 5.60. The topological polar surface area (TPSA) is 53.1 Å². The third kappa shape index (κ3) is 2.38. The molecule has 2 N–H and O–H groups in total. The van der Waals surface area contributed by atoms with E-state index in [0.29, 0.717) is 5.92 Å². The van der Waals surface area contributed by atoms with Gasteiger partial charge >= 0.3 is 5.97 Å². The molecule has 3 nitrogen and oxygen atoms in total. The number of aromatic nitrogens is 1. The van der Waals surface area contributed by atoms with Crippen LogP contribution in [0.15, 0.2) is 36.4 Å². The largest absolute Gasteiger partial charge is 0.477 e. The molecule has 17 heavy (non-hydrogen) atoms. The summed E-state index contributed by atoms with van der Waals surface area (Å²) < 4.78 is 0. The Hall–Kier alpha value is -2.03. The van der Waals surface area contributed by atoms with Gasteiger partial charge in [-0.1, -0.05) is 32.0 Å². The fourth-order valence-corrected chi connectivity index (χ4v) is 1.75. The minimum atomic E-state index is -0.934. The Balaban J connectivity index is 2.38. The van der Waals surface area contributed by atoms with Crippen molar-refractivity contribution in [2.75, 3.05) is 0 Å². The fraction of sp³-hybridized carbons (Fsp3) is 0.214. The van der Waals surface area contributed by atoms with Crippen molar-refractivity contribution in [2.45, 2.75) is 19.8 Å². The molecule has 0 bridgehead atoms. The fourth-order valence-electron chi connectivity index (χ4n) is 1.75. The van der Waals surface area contributed by atoms with E-state index >= 15 is 0 Å². The van der Waals surface area contributed by atoms with Crippen LogP contribution in [0, 0.1) is 0 Å². The number of carboxylic acid groups (broad SMARTS) is 1. The lowest BCUT2D eigenvalue weighted by atomic mass is 10.00. The predicted octanol–water partition coefficient (Wildman–Crippen LogP) is 3.50. The molecule has 0 spiro atoms. The van der Waals surface area contributed by atoms with Crippen LogP contribution in [0.25, 0.3) is 11.3 Å². The van der Waals surface area contributed by atoms with Crippen molar-refractivity contribution < 1.29 is 9.90 Å². The molecule has 0 saturated carbocycles. The molecule has 0 aliphatic heterocycles. The van der Waals surface area contributed by atoms with Crippen molar-refractivity contribution in [1.29, 1.82) is 0 Å². The van der Waals surface area contributed by atoms with E-state index in [1.54, 1.807) is 12.1 Å². The smallest absolute Gasteiger partial charge is 0.352 e. The molecular formula is C14H15NO2. The molecule has 2 rings (SSSR count). The highest BCUT2D eigenvalue weighted by molar-refractivity contribution is 5.86. The first-order valence-electron chi connectivity index (χ1n) is 5.60. The third-order valence-electron chi connectivity index (χ3n) is 2.78. The standard InChI is InChI=1S/C14H15NO2/c1-9(2)10-4-3-5-11(8-10)12-6-7-13(15-12)14(16)17/h3-9,15H,1-2H3,(H,16,17). The number of H-pyrrole nitrogens is 1. The van der Waals surface area contributed by atoms with Crippen LogP contribution in [0.4, 0.5) is 0 Å². The van der Waals surface area contributed by atoms with Gasteiger partial charge in [-0.15, -0.1) is 0 Å². The first kappa shape index (κ1) is 11.5. The second-order valence-corrected chi connectivity index (χ2v) is 4.37. The van der Waals surface area contributed by atoms with E-state index < -0.39 is 5.97 Å². The van der Waals surface area contributed by atoms with Crippen LogP contribution < -0.4 is 0 Å². The van der Waals surface area contributed by atoms with Gasteiger partial charge in [0.05, 0.1) is 0 Å². The van der Waals surface area contributed by atoms with Crippen LogP contribution in [-0.2, 0) is 0 Å². The van der Waals surface area contributed by atoms with Crippen LogP contribution in [0.5, 0.6) is 0 Å². The Kier molecular flexibility index (Phi) is 3.00. The highest BCUT2D eigenvalue weighted by Gasteiger charge is 2.08. The van der Waals surface area contributed by atoms with Crippen molar-refractivity contribution in [3.8, 4) is 11.3 Å². The molecule has 1 aromatic heterocycles. The number of carbonyl (C=O) groups is 1. The van der Waals surface area contributed by atoms with Gasteiger partial charge in [-0.2, -0.15) is 0 Å². The zero-order chi connectivity index (χ0) is 12.4. The zero-order valence-electron chi connectivity index (χ0n) is 9.90. The summed E-state index contributed by atoms with van der Waals surface area (Å²) in [6.45, 7) is 4.27. The Bertz CT molecular complexity index is 541. The number of aromatic carboxylic acids is 1. The van der Waals surface area contributed by atoms with Crippen molar-refractivity contribution in [2.24, 2.45) is 0 Å². The summed E-state index contributed by atoms with van der Waals surface area (Å²) in [4.78, 5) is 13.7. The highest BCUT2D eigenvalue weighted by atomic mass is 16.4. The maximum atomic E-state index is 10.8. The van der Waals surface area contributed by atoms with E-state index in [1.807, 2.05) is 12.1 Å². The third-order valence-corrected chi connectivity index (χ3v) is 2.78. The SMILES string of the molecule is CC(C)c1cccc(-c2ccc(C(=O)O)[nH]2)c1. The molecule has 3 heteroatoms.